The van der Waals surface area contributed by atoms with Gasteiger partial charge in [0.15, 0.2) is 0 Å². The highest BCUT2D eigenvalue weighted by Gasteiger charge is 2.36. The van der Waals surface area contributed by atoms with E-state index in [-0.39, 0.29) is 24.0 Å². The quantitative estimate of drug-likeness (QED) is 0.502. The number of hydrogen-bond donors (Lipinski definition) is 1. The summed E-state index contributed by atoms with van der Waals surface area (Å²) in [6.07, 6.45) is 7.22. The number of amides is 2. The number of piperidine rings is 1. The lowest BCUT2D eigenvalue weighted by Crippen LogP contribution is -2.36. The predicted molar refractivity (Wildman–Crippen MR) is 156 cm³/mol. The molecule has 2 amide bonds. The van der Waals surface area contributed by atoms with Crippen LogP contribution in [0.25, 0.3) is 11.1 Å². The van der Waals surface area contributed by atoms with Gasteiger partial charge in [-0.1, -0.05) is 12.1 Å². The van der Waals surface area contributed by atoms with Crippen LogP contribution in [-0.2, 0) is 14.3 Å². The minimum absolute atomic E-state index is 0.0234. The molecule has 0 saturated carbocycles. The van der Waals surface area contributed by atoms with Gasteiger partial charge in [-0.3, -0.25) is 4.79 Å². The number of ether oxygens (including phenoxy) is 2. The Hall–Kier alpha value is -3.13. The van der Waals surface area contributed by atoms with E-state index in [1.807, 2.05) is 36.8 Å². The maximum absolute atomic E-state index is 13.2. The summed E-state index contributed by atoms with van der Waals surface area (Å²) in [6.45, 7) is 11.1. The third-order valence-corrected chi connectivity index (χ3v) is 8.65. The zero-order valence-electron chi connectivity index (χ0n) is 24.4. The van der Waals surface area contributed by atoms with E-state index in [2.05, 4.69) is 29.2 Å². The lowest BCUT2D eigenvalue weighted by Gasteiger charge is -2.32. The smallest absolute Gasteiger partial charge is 0.410 e. The Morgan fingerprint density at radius 3 is 2.27 bits per heavy atom. The number of rotatable bonds is 4. The molecule has 3 aliphatic rings. The van der Waals surface area contributed by atoms with Gasteiger partial charge in [0.2, 0.25) is 5.91 Å². The maximum atomic E-state index is 13.2. The number of likely N-dealkylation sites (tertiary alicyclic amines) is 2. The summed E-state index contributed by atoms with van der Waals surface area (Å²) < 4.78 is 11.5. The second-order valence-corrected chi connectivity index (χ2v) is 12.5. The Morgan fingerprint density at radius 1 is 0.925 bits per heavy atom. The highest BCUT2D eigenvalue weighted by atomic mass is 16.6. The molecule has 40 heavy (non-hydrogen) atoms. The molecule has 0 radical (unpaired) electrons. The molecule has 0 aliphatic carbocycles. The Kier molecular flexibility index (Phi) is 8.36. The zero-order chi connectivity index (χ0) is 28.4. The molecule has 8 nitrogen and oxygen atoms in total. The Bertz CT molecular complexity index is 1230. The second kappa shape index (κ2) is 11.8. The number of carbonyl (C=O) groups is 2. The lowest BCUT2D eigenvalue weighted by atomic mass is 9.83. The molecule has 1 aromatic heterocycles. The monoisotopic (exact) mass is 548 g/mol. The molecular formula is C32H44N4O4. The summed E-state index contributed by atoms with van der Waals surface area (Å²) in [7, 11) is 0. The Balaban J connectivity index is 1.48. The van der Waals surface area contributed by atoms with Crippen molar-refractivity contribution < 1.29 is 19.1 Å². The van der Waals surface area contributed by atoms with Crippen LogP contribution in [0.4, 0.5) is 10.6 Å². The van der Waals surface area contributed by atoms with Crippen LogP contribution < -0.4 is 5.73 Å². The van der Waals surface area contributed by atoms with Crippen LogP contribution >= 0.6 is 0 Å². The highest BCUT2D eigenvalue weighted by molar-refractivity contribution is 5.73. The van der Waals surface area contributed by atoms with E-state index in [9.17, 15) is 9.59 Å². The first-order valence-electron chi connectivity index (χ1n) is 14.8. The number of hydrogen-bond acceptors (Lipinski definition) is 6. The lowest BCUT2D eigenvalue weighted by molar-refractivity contribution is -0.129. The standard InChI is InChI=1S/C32H44N4O4/c1-21(37)35-14-9-22(10-15-35)27-19-25(20-34-30(27)33)24-7-8-26(23-11-16-39-17-12-23)28(18-24)29-6-5-13-36(29)31(38)40-32(2,3)4/h7-8,18-20,22-23,29H,5-6,9-17H2,1-4H3,(H2,33,34)/t29-/m0/s1. The molecule has 5 rings (SSSR count). The third-order valence-electron chi connectivity index (χ3n) is 8.65. The van der Waals surface area contributed by atoms with Gasteiger partial charge in [0.05, 0.1) is 6.04 Å². The van der Waals surface area contributed by atoms with Crippen molar-refractivity contribution in [2.45, 2.75) is 89.7 Å². The number of nitrogen functional groups attached to an aromatic ring is 1. The first-order chi connectivity index (χ1) is 19.1. The van der Waals surface area contributed by atoms with E-state index < -0.39 is 5.60 Å². The molecule has 2 aromatic rings. The van der Waals surface area contributed by atoms with Gasteiger partial charge in [-0.15, -0.1) is 0 Å². The van der Waals surface area contributed by atoms with Crippen molar-refractivity contribution in [3.8, 4) is 11.1 Å². The van der Waals surface area contributed by atoms with Crippen LogP contribution in [0.15, 0.2) is 30.5 Å². The fourth-order valence-electron chi connectivity index (χ4n) is 6.54. The van der Waals surface area contributed by atoms with Crippen LogP contribution in [-0.4, -0.2) is 65.2 Å². The average molecular weight is 549 g/mol. The SMILES string of the molecule is CC(=O)N1CCC(c2cc(-c3ccc(C4CCOCC4)c([C@@H]4CCCN4C(=O)OC(C)(C)C)c3)cnc2N)CC1. The molecule has 1 atom stereocenters. The summed E-state index contributed by atoms with van der Waals surface area (Å²) in [6, 6.07) is 8.88. The van der Waals surface area contributed by atoms with Crippen LogP contribution in [0.3, 0.4) is 0 Å². The van der Waals surface area contributed by atoms with E-state index in [0.717, 1.165) is 81.5 Å². The molecule has 3 saturated heterocycles. The van der Waals surface area contributed by atoms with Crippen LogP contribution in [0.2, 0.25) is 0 Å². The normalized spacial score (nSPS) is 21.1. The van der Waals surface area contributed by atoms with Crippen molar-refractivity contribution in [2.24, 2.45) is 0 Å². The maximum Gasteiger partial charge on any atom is 0.410 e. The summed E-state index contributed by atoms with van der Waals surface area (Å²) in [4.78, 5) is 33.5. The van der Waals surface area contributed by atoms with Gasteiger partial charge in [0.1, 0.15) is 11.4 Å². The Morgan fingerprint density at radius 2 is 1.60 bits per heavy atom. The van der Waals surface area contributed by atoms with Gasteiger partial charge in [-0.2, -0.15) is 0 Å². The molecule has 1 aromatic carbocycles. The van der Waals surface area contributed by atoms with Gasteiger partial charge in [0.25, 0.3) is 0 Å². The number of nitrogens with zero attached hydrogens (tertiary/aromatic N) is 3. The van der Waals surface area contributed by atoms with Gasteiger partial charge in [-0.05, 0) is 106 Å². The molecule has 2 N–H and O–H groups in total. The molecule has 3 aliphatic heterocycles. The van der Waals surface area contributed by atoms with Crippen LogP contribution in [0.5, 0.6) is 0 Å². The summed E-state index contributed by atoms with van der Waals surface area (Å²) in [5.41, 5.74) is 11.5. The summed E-state index contributed by atoms with van der Waals surface area (Å²) >= 11 is 0. The van der Waals surface area contributed by atoms with Crippen molar-refractivity contribution in [1.82, 2.24) is 14.8 Å². The number of aromatic nitrogens is 1. The van der Waals surface area contributed by atoms with E-state index in [1.54, 1.807) is 6.92 Å². The highest BCUT2D eigenvalue weighted by Crippen LogP contribution is 2.42. The fourth-order valence-corrected chi connectivity index (χ4v) is 6.54. The van der Waals surface area contributed by atoms with E-state index in [0.29, 0.717) is 18.3 Å². The van der Waals surface area contributed by atoms with Crippen molar-refractivity contribution in [1.29, 1.82) is 0 Å². The van der Waals surface area contributed by atoms with Crippen LogP contribution in [0, 0.1) is 0 Å². The predicted octanol–water partition coefficient (Wildman–Crippen LogP) is 6.02. The van der Waals surface area contributed by atoms with E-state index >= 15 is 0 Å². The molecule has 0 unspecified atom stereocenters. The number of anilines is 1. The molecule has 4 heterocycles. The summed E-state index contributed by atoms with van der Waals surface area (Å²) in [5, 5.41) is 0. The summed E-state index contributed by atoms with van der Waals surface area (Å²) in [5.74, 6) is 1.38. The van der Waals surface area contributed by atoms with Gasteiger partial charge in [-0.25, -0.2) is 9.78 Å². The number of pyridine rings is 1. The largest absolute Gasteiger partial charge is 0.444 e. The van der Waals surface area contributed by atoms with Crippen molar-refractivity contribution >= 4 is 17.8 Å². The molecule has 0 bridgehead atoms. The van der Waals surface area contributed by atoms with Crippen molar-refractivity contribution in [3.05, 3.63) is 47.2 Å². The third kappa shape index (κ3) is 6.27. The minimum Gasteiger partial charge on any atom is -0.444 e. The molecular weight excluding hydrogens is 504 g/mol. The average Bonchev–Trinajstić information content (AvgIpc) is 3.43. The molecule has 216 valence electrons. The first-order valence-corrected chi connectivity index (χ1v) is 14.8. The molecule has 3 fully saturated rings. The fraction of sp³-hybridized carbons (Fsp3) is 0.594. The van der Waals surface area contributed by atoms with Crippen molar-refractivity contribution in [3.63, 3.8) is 0 Å². The molecule has 0 spiro atoms. The van der Waals surface area contributed by atoms with Crippen LogP contribution in [0.1, 0.15) is 101 Å². The van der Waals surface area contributed by atoms with Crippen molar-refractivity contribution in [2.75, 3.05) is 38.6 Å². The first kappa shape index (κ1) is 28.4. The van der Waals surface area contributed by atoms with Gasteiger partial charge >= 0.3 is 6.09 Å². The minimum atomic E-state index is -0.539. The second-order valence-electron chi connectivity index (χ2n) is 12.5. The molecule has 8 heteroatoms. The van der Waals surface area contributed by atoms with Gasteiger partial charge < -0.3 is 25.0 Å². The zero-order valence-corrected chi connectivity index (χ0v) is 24.4. The number of nitrogens with two attached hydrogens (primary N) is 1. The Labute approximate surface area is 238 Å². The number of benzene rings is 1. The topological polar surface area (TPSA) is 98.0 Å². The number of carbonyl (C=O) groups excluding carboxylic acids is 2. The van der Waals surface area contributed by atoms with E-state index in [4.69, 9.17) is 15.2 Å². The van der Waals surface area contributed by atoms with E-state index in [1.165, 1.54) is 11.1 Å². The van der Waals surface area contributed by atoms with Gasteiger partial charge in [0, 0.05) is 51.5 Å².